The van der Waals surface area contributed by atoms with Crippen molar-refractivity contribution in [2.75, 3.05) is 23.3 Å². The van der Waals surface area contributed by atoms with Crippen LogP contribution in [0.1, 0.15) is 47.3 Å². The average molecular weight is 544 g/mol. The van der Waals surface area contributed by atoms with E-state index in [1.807, 2.05) is 0 Å². The molecule has 0 bridgehead atoms. The maximum Gasteiger partial charge on any atom is 0.418 e. The molecule has 0 radical (unpaired) electrons. The number of rotatable bonds is 8. The van der Waals surface area contributed by atoms with E-state index in [9.17, 15) is 27.2 Å². The van der Waals surface area contributed by atoms with Crippen molar-refractivity contribution in [2.24, 2.45) is 0 Å². The van der Waals surface area contributed by atoms with Crippen LogP contribution >= 0.6 is 0 Å². The molecule has 0 unspecified atom stereocenters. The number of hydrogen-bond acceptors (Lipinski definition) is 7. The number of halogens is 4. The standard InChI is InChI=1S/C26H25F4N7O2/c27-17-3-6-21(20(11-17)26(28,29)30)35-19-5-4-18(31-15-19)14-32-23(39)25(7-8-25)36-22(38)16-12-33-24(34-13-16)37-9-1-2-10-37/h3-6,11-13,15,35H,1-2,7-10,14H2,(H,32,39)(H,36,38). The molecule has 1 aliphatic heterocycles. The van der Waals surface area contributed by atoms with Gasteiger partial charge in [0.2, 0.25) is 11.9 Å². The van der Waals surface area contributed by atoms with Gasteiger partial charge in [0.25, 0.3) is 5.91 Å². The van der Waals surface area contributed by atoms with Crippen LogP contribution in [0.5, 0.6) is 0 Å². The van der Waals surface area contributed by atoms with Crippen molar-refractivity contribution in [2.45, 2.75) is 43.9 Å². The first kappa shape index (κ1) is 26.3. The Kier molecular flexibility index (Phi) is 7.06. The molecule has 13 heteroatoms. The van der Waals surface area contributed by atoms with Crippen molar-refractivity contribution in [1.29, 1.82) is 0 Å². The van der Waals surface area contributed by atoms with Crippen LogP contribution in [0.4, 0.5) is 34.9 Å². The quantitative estimate of drug-likeness (QED) is 0.369. The molecule has 2 fully saturated rings. The Morgan fingerprint density at radius 2 is 1.69 bits per heavy atom. The van der Waals surface area contributed by atoms with Gasteiger partial charge in [0.15, 0.2) is 0 Å². The molecule has 2 amide bonds. The minimum absolute atomic E-state index is 0.0503. The van der Waals surface area contributed by atoms with Gasteiger partial charge < -0.3 is 20.9 Å². The zero-order valence-corrected chi connectivity index (χ0v) is 20.7. The average Bonchev–Trinajstić information content (AvgIpc) is 3.49. The number of anilines is 3. The molecule has 0 atom stereocenters. The number of carbonyl (C=O) groups is 2. The molecule has 0 spiro atoms. The number of alkyl halides is 3. The van der Waals surface area contributed by atoms with Gasteiger partial charge in [0, 0.05) is 25.5 Å². The highest BCUT2D eigenvalue weighted by atomic mass is 19.4. The molecule has 3 aromatic rings. The number of hydrogen-bond donors (Lipinski definition) is 3. The molecule has 2 aliphatic rings. The number of carbonyl (C=O) groups excluding carboxylic acids is 2. The van der Waals surface area contributed by atoms with Crippen LogP contribution < -0.4 is 20.9 Å². The fourth-order valence-corrected chi connectivity index (χ4v) is 4.30. The molecular formula is C26H25F4N7O2. The SMILES string of the molecule is O=C(NC1(C(=O)NCc2ccc(Nc3ccc(F)cc3C(F)(F)F)cn2)CC1)c1cnc(N2CCCC2)nc1. The van der Waals surface area contributed by atoms with Gasteiger partial charge in [-0.05, 0) is 56.0 Å². The van der Waals surface area contributed by atoms with E-state index < -0.39 is 29.0 Å². The molecule has 1 saturated heterocycles. The van der Waals surface area contributed by atoms with Crippen LogP contribution in [0.25, 0.3) is 0 Å². The molecule has 9 nitrogen and oxygen atoms in total. The summed E-state index contributed by atoms with van der Waals surface area (Å²) in [7, 11) is 0. The van der Waals surface area contributed by atoms with E-state index in [4.69, 9.17) is 0 Å². The van der Waals surface area contributed by atoms with Gasteiger partial charge in [-0.25, -0.2) is 14.4 Å². The summed E-state index contributed by atoms with van der Waals surface area (Å²) in [4.78, 5) is 40.3. The monoisotopic (exact) mass is 543 g/mol. The van der Waals surface area contributed by atoms with Crippen molar-refractivity contribution in [3.63, 3.8) is 0 Å². The zero-order chi connectivity index (χ0) is 27.6. The summed E-state index contributed by atoms with van der Waals surface area (Å²) in [5, 5.41) is 8.11. The van der Waals surface area contributed by atoms with Gasteiger partial charge in [-0.1, -0.05) is 0 Å². The third kappa shape index (κ3) is 6.07. The Morgan fingerprint density at radius 3 is 2.31 bits per heavy atom. The number of aromatic nitrogens is 3. The van der Waals surface area contributed by atoms with Crippen molar-refractivity contribution in [1.82, 2.24) is 25.6 Å². The van der Waals surface area contributed by atoms with E-state index in [0.29, 0.717) is 30.6 Å². The summed E-state index contributed by atoms with van der Waals surface area (Å²) in [5.74, 6) is -1.22. The zero-order valence-electron chi connectivity index (χ0n) is 20.7. The number of nitrogens with zero attached hydrogens (tertiary/aromatic N) is 4. The van der Waals surface area contributed by atoms with Gasteiger partial charge in [-0.2, -0.15) is 13.2 Å². The summed E-state index contributed by atoms with van der Waals surface area (Å²) in [6.45, 7) is 1.82. The first-order chi connectivity index (χ1) is 18.6. The van der Waals surface area contributed by atoms with Crippen LogP contribution in [0.15, 0.2) is 48.9 Å². The predicted octanol–water partition coefficient (Wildman–Crippen LogP) is 3.95. The number of amides is 2. The number of benzene rings is 1. The van der Waals surface area contributed by atoms with Crippen molar-refractivity contribution in [3.8, 4) is 0 Å². The predicted molar refractivity (Wildman–Crippen MR) is 134 cm³/mol. The molecule has 5 rings (SSSR count). The second-order valence-corrected chi connectivity index (χ2v) is 9.54. The van der Waals surface area contributed by atoms with Gasteiger partial charge >= 0.3 is 6.18 Å². The van der Waals surface area contributed by atoms with Crippen LogP contribution in [0, 0.1) is 5.82 Å². The van der Waals surface area contributed by atoms with Crippen molar-refractivity contribution in [3.05, 3.63) is 71.6 Å². The highest BCUT2D eigenvalue weighted by Gasteiger charge is 2.51. The van der Waals surface area contributed by atoms with Crippen LogP contribution in [-0.4, -0.2) is 45.4 Å². The Bertz CT molecular complexity index is 1350. The fourth-order valence-electron chi connectivity index (χ4n) is 4.30. The van der Waals surface area contributed by atoms with E-state index in [-0.39, 0.29) is 29.4 Å². The van der Waals surface area contributed by atoms with Gasteiger partial charge in [0.05, 0.1) is 40.9 Å². The van der Waals surface area contributed by atoms with Gasteiger partial charge in [-0.15, -0.1) is 0 Å². The van der Waals surface area contributed by atoms with Crippen LogP contribution in [0.3, 0.4) is 0 Å². The smallest absolute Gasteiger partial charge is 0.354 e. The second-order valence-electron chi connectivity index (χ2n) is 9.54. The molecule has 3 heterocycles. The molecule has 39 heavy (non-hydrogen) atoms. The van der Waals surface area contributed by atoms with Crippen LogP contribution in [-0.2, 0) is 17.5 Å². The lowest BCUT2D eigenvalue weighted by Gasteiger charge is -2.18. The highest BCUT2D eigenvalue weighted by molar-refractivity contribution is 6.00. The van der Waals surface area contributed by atoms with E-state index in [1.54, 1.807) is 0 Å². The lowest BCUT2D eigenvalue weighted by Crippen LogP contribution is -2.48. The van der Waals surface area contributed by atoms with E-state index in [2.05, 4.69) is 35.8 Å². The molecule has 1 aliphatic carbocycles. The highest BCUT2D eigenvalue weighted by Crippen LogP contribution is 2.37. The summed E-state index contributed by atoms with van der Waals surface area (Å²) in [5.41, 5.74) is -1.50. The van der Waals surface area contributed by atoms with Gasteiger partial charge in [0.1, 0.15) is 11.4 Å². The summed E-state index contributed by atoms with van der Waals surface area (Å²) in [6, 6.07) is 5.39. The Morgan fingerprint density at radius 1 is 0.974 bits per heavy atom. The van der Waals surface area contributed by atoms with Gasteiger partial charge in [-0.3, -0.25) is 14.6 Å². The maximum absolute atomic E-state index is 13.3. The topological polar surface area (TPSA) is 112 Å². The van der Waals surface area contributed by atoms with E-state index in [0.717, 1.165) is 38.1 Å². The second kappa shape index (κ2) is 10.5. The summed E-state index contributed by atoms with van der Waals surface area (Å²) < 4.78 is 53.0. The first-order valence-electron chi connectivity index (χ1n) is 12.4. The summed E-state index contributed by atoms with van der Waals surface area (Å²) in [6.07, 6.45) is 2.60. The van der Waals surface area contributed by atoms with Crippen molar-refractivity contribution >= 4 is 29.1 Å². The lowest BCUT2D eigenvalue weighted by molar-refractivity contribution is -0.137. The molecule has 2 aromatic heterocycles. The number of pyridine rings is 1. The van der Waals surface area contributed by atoms with E-state index >= 15 is 0 Å². The Hall–Kier alpha value is -4.29. The maximum atomic E-state index is 13.3. The first-order valence-corrected chi connectivity index (χ1v) is 12.4. The van der Waals surface area contributed by atoms with Crippen LogP contribution in [0.2, 0.25) is 0 Å². The third-order valence-electron chi connectivity index (χ3n) is 6.65. The van der Waals surface area contributed by atoms with E-state index in [1.165, 1.54) is 30.7 Å². The Labute approximate surface area is 221 Å². The largest absolute Gasteiger partial charge is 0.418 e. The molecular weight excluding hydrogens is 518 g/mol. The minimum atomic E-state index is -4.74. The fraction of sp³-hybridized carbons (Fsp3) is 0.346. The normalized spacial score (nSPS) is 16.1. The third-order valence-corrected chi connectivity index (χ3v) is 6.65. The molecule has 204 valence electrons. The minimum Gasteiger partial charge on any atom is -0.354 e. The molecule has 1 saturated carbocycles. The number of nitrogens with one attached hydrogen (secondary N) is 3. The molecule has 3 N–H and O–H groups in total. The Balaban J connectivity index is 1.15. The van der Waals surface area contributed by atoms with Crippen molar-refractivity contribution < 1.29 is 27.2 Å². The summed E-state index contributed by atoms with van der Waals surface area (Å²) >= 11 is 0. The lowest BCUT2D eigenvalue weighted by atomic mass is 10.1. The molecule has 1 aromatic carbocycles.